The summed E-state index contributed by atoms with van der Waals surface area (Å²) in [7, 11) is -3.69. The molecule has 1 saturated heterocycles. The molecule has 0 bridgehead atoms. The quantitative estimate of drug-likeness (QED) is 0.439. The third kappa shape index (κ3) is 6.34. The Morgan fingerprint density at radius 3 is 2.50 bits per heavy atom. The van der Waals surface area contributed by atoms with Gasteiger partial charge in [0.25, 0.3) is 5.91 Å². The predicted octanol–water partition coefficient (Wildman–Crippen LogP) is 4.79. The normalized spacial score (nSPS) is 15.1. The minimum atomic E-state index is -3.69. The molecular formula is C24H37N5O3S2. The van der Waals surface area contributed by atoms with Gasteiger partial charge in [-0.05, 0) is 43.4 Å². The van der Waals surface area contributed by atoms with E-state index in [0.717, 1.165) is 62.3 Å². The van der Waals surface area contributed by atoms with E-state index in [0.29, 0.717) is 29.7 Å². The summed E-state index contributed by atoms with van der Waals surface area (Å²) in [5.41, 5.74) is 1.11. The zero-order chi connectivity index (χ0) is 24.7. The summed E-state index contributed by atoms with van der Waals surface area (Å²) < 4.78 is 27.7. The van der Waals surface area contributed by atoms with E-state index in [1.54, 1.807) is 12.1 Å². The van der Waals surface area contributed by atoms with Crippen LogP contribution in [0.2, 0.25) is 0 Å². The number of amides is 1. The van der Waals surface area contributed by atoms with E-state index in [1.165, 1.54) is 21.7 Å². The van der Waals surface area contributed by atoms with Crippen LogP contribution >= 0.6 is 11.3 Å². The Bertz CT molecular complexity index is 1060. The second-order valence-electron chi connectivity index (χ2n) is 8.85. The molecule has 1 aromatic heterocycles. The first-order valence-corrected chi connectivity index (χ1v) is 14.6. The molecule has 3 rings (SSSR count). The fourth-order valence-corrected chi connectivity index (χ4v) is 6.45. The highest BCUT2D eigenvalue weighted by Gasteiger charge is 2.27. The van der Waals surface area contributed by atoms with Crippen LogP contribution in [0.1, 0.15) is 75.2 Å². The van der Waals surface area contributed by atoms with Gasteiger partial charge >= 0.3 is 0 Å². The van der Waals surface area contributed by atoms with Crippen molar-refractivity contribution in [3.63, 3.8) is 0 Å². The van der Waals surface area contributed by atoms with Gasteiger partial charge in [0, 0.05) is 38.3 Å². The van der Waals surface area contributed by atoms with Crippen LogP contribution in [0.5, 0.6) is 0 Å². The van der Waals surface area contributed by atoms with E-state index in [1.807, 2.05) is 13.8 Å². The number of piperidine rings is 1. The summed E-state index contributed by atoms with van der Waals surface area (Å²) in [4.78, 5) is 15.7. The second kappa shape index (κ2) is 12.1. The van der Waals surface area contributed by atoms with Gasteiger partial charge in [0.2, 0.25) is 15.2 Å². The first-order valence-electron chi connectivity index (χ1n) is 12.3. The van der Waals surface area contributed by atoms with E-state index in [2.05, 4.69) is 34.3 Å². The number of carbonyl (C=O) groups excluding carboxylic acids is 1. The average Bonchev–Trinajstić information content (AvgIpc) is 3.27. The average molecular weight is 508 g/mol. The van der Waals surface area contributed by atoms with Crippen molar-refractivity contribution in [1.29, 1.82) is 0 Å². The van der Waals surface area contributed by atoms with Gasteiger partial charge in [-0.15, -0.1) is 10.2 Å². The predicted molar refractivity (Wildman–Crippen MR) is 138 cm³/mol. The van der Waals surface area contributed by atoms with E-state index < -0.39 is 10.0 Å². The summed E-state index contributed by atoms with van der Waals surface area (Å²) in [6.07, 6.45) is 6.23. The number of anilines is 2. The van der Waals surface area contributed by atoms with Crippen LogP contribution in [-0.2, 0) is 16.4 Å². The Hall–Kier alpha value is -2.04. The summed E-state index contributed by atoms with van der Waals surface area (Å²) >= 11 is 1.38. The largest absolute Gasteiger partial charge is 0.371 e. The number of carbonyl (C=O) groups is 1. The fourth-order valence-electron chi connectivity index (χ4n) is 4.19. The Kier molecular flexibility index (Phi) is 9.44. The molecular weight excluding hydrogens is 470 g/mol. The number of aromatic nitrogens is 2. The third-order valence-electron chi connectivity index (χ3n) is 6.36. The molecule has 1 N–H and O–H groups in total. The van der Waals surface area contributed by atoms with Crippen molar-refractivity contribution < 1.29 is 13.2 Å². The van der Waals surface area contributed by atoms with Crippen LogP contribution in [-0.4, -0.2) is 55.0 Å². The molecule has 1 amide bonds. The molecule has 1 fully saturated rings. The summed E-state index contributed by atoms with van der Waals surface area (Å²) in [6.45, 7) is 10.4. The zero-order valence-electron chi connectivity index (χ0n) is 20.7. The number of rotatable bonds is 11. The number of hydrogen-bond donors (Lipinski definition) is 1. The highest BCUT2D eigenvalue weighted by atomic mass is 32.2. The van der Waals surface area contributed by atoms with Gasteiger partial charge in [-0.25, -0.2) is 8.42 Å². The maximum atomic E-state index is 13.4. The second-order valence-corrected chi connectivity index (χ2v) is 11.9. The minimum absolute atomic E-state index is 0.132. The Balaban J connectivity index is 1.91. The lowest BCUT2D eigenvalue weighted by Crippen LogP contribution is -2.35. The number of hydrogen-bond acceptors (Lipinski definition) is 7. The first kappa shape index (κ1) is 26.6. The maximum Gasteiger partial charge on any atom is 0.259 e. The van der Waals surface area contributed by atoms with E-state index in [-0.39, 0.29) is 10.8 Å². The van der Waals surface area contributed by atoms with Crippen LogP contribution in [0.15, 0.2) is 23.1 Å². The van der Waals surface area contributed by atoms with Gasteiger partial charge in [0.05, 0.1) is 10.5 Å². The smallest absolute Gasteiger partial charge is 0.259 e. The highest BCUT2D eigenvalue weighted by Crippen LogP contribution is 2.30. The maximum absolute atomic E-state index is 13.4. The molecule has 1 aliphatic heterocycles. The van der Waals surface area contributed by atoms with Gasteiger partial charge in [0.1, 0.15) is 5.01 Å². The third-order valence-corrected chi connectivity index (χ3v) is 9.31. The minimum Gasteiger partial charge on any atom is -0.371 e. The van der Waals surface area contributed by atoms with Gasteiger partial charge in [-0.3, -0.25) is 10.1 Å². The van der Waals surface area contributed by atoms with Crippen LogP contribution in [0.4, 0.5) is 10.8 Å². The van der Waals surface area contributed by atoms with Crippen LogP contribution < -0.4 is 10.2 Å². The lowest BCUT2D eigenvalue weighted by molar-refractivity contribution is 0.102. The van der Waals surface area contributed by atoms with E-state index >= 15 is 0 Å². The van der Waals surface area contributed by atoms with Crippen molar-refractivity contribution in [2.45, 2.75) is 71.1 Å². The topological polar surface area (TPSA) is 95.5 Å². The molecule has 0 saturated carbocycles. The molecule has 188 valence electrons. The highest BCUT2D eigenvalue weighted by molar-refractivity contribution is 7.89. The number of aryl methyl sites for hydroxylation is 1. The van der Waals surface area contributed by atoms with Crippen molar-refractivity contribution in [3.8, 4) is 0 Å². The van der Waals surface area contributed by atoms with Crippen LogP contribution in [0, 0.1) is 5.92 Å². The van der Waals surface area contributed by atoms with Gasteiger partial charge < -0.3 is 4.90 Å². The number of benzene rings is 1. The first-order chi connectivity index (χ1) is 16.3. The van der Waals surface area contributed by atoms with Crippen molar-refractivity contribution in [2.75, 3.05) is 36.4 Å². The number of sulfonamides is 1. The summed E-state index contributed by atoms with van der Waals surface area (Å²) in [5, 5.41) is 12.5. The lowest BCUT2D eigenvalue weighted by atomic mass is 9.98. The molecule has 0 spiro atoms. The standard InChI is InChI=1S/C24H37N5O3S2/c1-5-8-9-10-22-26-27-24(33-22)25-23(30)20-17-19(34(31,32)29(6-2)7-3)11-12-21(20)28-15-13-18(4)14-16-28/h11-12,17-18H,5-10,13-16H2,1-4H3,(H,25,27,30). The summed E-state index contributed by atoms with van der Waals surface area (Å²) in [6, 6.07) is 4.91. The van der Waals surface area contributed by atoms with Crippen molar-refractivity contribution in [1.82, 2.24) is 14.5 Å². The van der Waals surface area contributed by atoms with Crippen molar-refractivity contribution in [3.05, 3.63) is 28.8 Å². The summed E-state index contributed by atoms with van der Waals surface area (Å²) in [5.74, 6) is 0.282. The van der Waals surface area contributed by atoms with Crippen molar-refractivity contribution >= 4 is 38.1 Å². The zero-order valence-corrected chi connectivity index (χ0v) is 22.3. The lowest BCUT2D eigenvalue weighted by Gasteiger charge is -2.33. The molecule has 1 aromatic carbocycles. The van der Waals surface area contributed by atoms with E-state index in [9.17, 15) is 13.2 Å². The van der Waals surface area contributed by atoms with Crippen molar-refractivity contribution in [2.24, 2.45) is 5.92 Å². The molecule has 0 atom stereocenters. The molecule has 8 nitrogen and oxygen atoms in total. The Morgan fingerprint density at radius 2 is 1.85 bits per heavy atom. The molecule has 10 heteroatoms. The van der Waals surface area contributed by atoms with Gasteiger partial charge in [0.15, 0.2) is 0 Å². The van der Waals surface area contributed by atoms with Crippen LogP contribution in [0.25, 0.3) is 0 Å². The molecule has 0 unspecified atom stereocenters. The van der Waals surface area contributed by atoms with Gasteiger partial charge in [-0.1, -0.05) is 51.9 Å². The molecule has 2 aromatic rings. The van der Waals surface area contributed by atoms with Gasteiger partial charge in [-0.2, -0.15) is 4.31 Å². The molecule has 0 aliphatic carbocycles. The molecule has 1 aliphatic rings. The molecule has 2 heterocycles. The molecule has 0 radical (unpaired) electrons. The SMILES string of the molecule is CCCCCc1nnc(NC(=O)c2cc(S(=O)(=O)N(CC)CC)ccc2N2CCC(C)CC2)s1. The Labute approximate surface area is 207 Å². The number of nitrogens with one attached hydrogen (secondary N) is 1. The van der Waals surface area contributed by atoms with Crippen LogP contribution in [0.3, 0.4) is 0 Å². The monoisotopic (exact) mass is 507 g/mol. The van der Waals surface area contributed by atoms with E-state index in [4.69, 9.17) is 0 Å². The number of unbranched alkanes of at least 4 members (excludes halogenated alkanes) is 2. The fraction of sp³-hybridized carbons (Fsp3) is 0.625. The Morgan fingerprint density at radius 1 is 1.15 bits per heavy atom. The molecule has 34 heavy (non-hydrogen) atoms. The number of nitrogens with zero attached hydrogens (tertiary/aromatic N) is 4.